The van der Waals surface area contributed by atoms with E-state index < -0.39 is 0 Å². The lowest BCUT2D eigenvalue weighted by molar-refractivity contribution is 0.632. The van der Waals surface area contributed by atoms with E-state index in [9.17, 15) is 0 Å². The highest BCUT2D eigenvalue weighted by molar-refractivity contribution is 9.11. The Morgan fingerprint density at radius 2 is 1.63 bits per heavy atom. The highest BCUT2D eigenvalue weighted by Gasteiger charge is 2.15. The number of nitrogens with two attached hydrogens (primary N) is 1. The summed E-state index contributed by atoms with van der Waals surface area (Å²) in [6, 6.07) is 12.6. The summed E-state index contributed by atoms with van der Waals surface area (Å²) in [5, 5.41) is 0. The number of aryl methyl sites for hydroxylation is 2. The number of halogens is 2. The van der Waals surface area contributed by atoms with Crippen LogP contribution in [0.1, 0.15) is 28.3 Å². The van der Waals surface area contributed by atoms with Crippen molar-refractivity contribution in [2.75, 3.05) is 0 Å². The van der Waals surface area contributed by atoms with E-state index in [1.807, 2.05) is 6.07 Å². The maximum atomic E-state index is 5.78. The van der Waals surface area contributed by atoms with Crippen LogP contribution in [0.4, 0.5) is 0 Å². The van der Waals surface area contributed by atoms with E-state index >= 15 is 0 Å². The molecule has 0 aliphatic carbocycles. The molecule has 0 bridgehead atoms. The van der Waals surface area contributed by atoms with E-state index in [4.69, 9.17) is 5.84 Å². The molecule has 19 heavy (non-hydrogen) atoms. The van der Waals surface area contributed by atoms with Gasteiger partial charge in [-0.2, -0.15) is 0 Å². The SMILES string of the molecule is Cc1ccc(C)c(C(NN)c2cc(Br)cc(Br)c2)c1. The Labute approximate surface area is 130 Å². The van der Waals surface area contributed by atoms with Crippen LogP contribution in [0.15, 0.2) is 45.3 Å². The summed E-state index contributed by atoms with van der Waals surface area (Å²) >= 11 is 7.03. The van der Waals surface area contributed by atoms with Crippen molar-refractivity contribution in [1.29, 1.82) is 0 Å². The van der Waals surface area contributed by atoms with E-state index in [1.165, 1.54) is 16.7 Å². The summed E-state index contributed by atoms with van der Waals surface area (Å²) in [7, 11) is 0. The minimum Gasteiger partial charge on any atom is -0.271 e. The highest BCUT2D eigenvalue weighted by atomic mass is 79.9. The normalized spacial score (nSPS) is 12.5. The van der Waals surface area contributed by atoms with Crippen molar-refractivity contribution in [2.24, 2.45) is 5.84 Å². The Bertz CT molecular complexity index is 576. The summed E-state index contributed by atoms with van der Waals surface area (Å²) in [5.41, 5.74) is 7.70. The molecule has 2 rings (SSSR count). The van der Waals surface area contributed by atoms with Gasteiger partial charge in [0.05, 0.1) is 6.04 Å². The number of nitrogens with one attached hydrogen (secondary N) is 1. The van der Waals surface area contributed by atoms with Crippen LogP contribution in [-0.2, 0) is 0 Å². The standard InChI is InChI=1S/C15H16Br2N2/c1-9-3-4-10(2)14(5-9)15(19-18)11-6-12(16)8-13(17)7-11/h3-8,15,19H,18H2,1-2H3. The Hall–Kier alpha value is -0.680. The third kappa shape index (κ3) is 3.45. The quantitative estimate of drug-likeness (QED) is 0.609. The van der Waals surface area contributed by atoms with E-state index in [0.29, 0.717) is 0 Å². The minimum atomic E-state index is -0.0197. The summed E-state index contributed by atoms with van der Waals surface area (Å²) < 4.78 is 2.06. The van der Waals surface area contributed by atoms with Gasteiger partial charge in [-0.3, -0.25) is 5.84 Å². The fourth-order valence-corrected chi connectivity index (χ4v) is 3.51. The molecular weight excluding hydrogens is 368 g/mol. The smallest absolute Gasteiger partial charge is 0.0713 e. The zero-order valence-corrected chi connectivity index (χ0v) is 14.0. The molecule has 0 radical (unpaired) electrons. The van der Waals surface area contributed by atoms with Gasteiger partial charge in [0.2, 0.25) is 0 Å². The van der Waals surface area contributed by atoms with Gasteiger partial charge in [0.1, 0.15) is 0 Å². The van der Waals surface area contributed by atoms with E-state index in [2.05, 4.69) is 81.5 Å². The lowest BCUT2D eigenvalue weighted by atomic mass is 9.94. The van der Waals surface area contributed by atoms with Gasteiger partial charge in [-0.1, -0.05) is 55.6 Å². The van der Waals surface area contributed by atoms with Crippen LogP contribution in [-0.4, -0.2) is 0 Å². The van der Waals surface area contributed by atoms with Crippen LogP contribution in [0.25, 0.3) is 0 Å². The van der Waals surface area contributed by atoms with Gasteiger partial charge in [0.25, 0.3) is 0 Å². The Morgan fingerprint density at radius 3 is 2.21 bits per heavy atom. The molecule has 2 aromatic rings. The molecule has 0 aliphatic rings. The lowest BCUT2D eigenvalue weighted by Gasteiger charge is -2.20. The third-order valence-electron chi connectivity index (χ3n) is 3.13. The maximum Gasteiger partial charge on any atom is 0.0713 e. The zero-order chi connectivity index (χ0) is 14.0. The molecule has 2 nitrogen and oxygen atoms in total. The first-order chi connectivity index (χ1) is 9.01. The molecule has 0 heterocycles. The Morgan fingerprint density at radius 1 is 1.00 bits per heavy atom. The van der Waals surface area contributed by atoms with E-state index in [-0.39, 0.29) is 6.04 Å². The first-order valence-electron chi connectivity index (χ1n) is 6.00. The van der Waals surface area contributed by atoms with Gasteiger partial charge in [-0.15, -0.1) is 0 Å². The van der Waals surface area contributed by atoms with Gasteiger partial charge in [-0.05, 0) is 48.7 Å². The topological polar surface area (TPSA) is 38.0 Å². The first kappa shape index (κ1) is 14.7. The summed E-state index contributed by atoms with van der Waals surface area (Å²) in [4.78, 5) is 0. The second-order valence-corrected chi connectivity index (χ2v) is 6.49. The predicted molar refractivity (Wildman–Crippen MR) is 86.9 cm³/mol. The first-order valence-corrected chi connectivity index (χ1v) is 7.59. The van der Waals surface area contributed by atoms with Crippen molar-refractivity contribution in [3.8, 4) is 0 Å². The van der Waals surface area contributed by atoms with Crippen molar-refractivity contribution in [1.82, 2.24) is 5.43 Å². The fourth-order valence-electron chi connectivity index (χ4n) is 2.18. The second-order valence-electron chi connectivity index (χ2n) is 4.66. The molecule has 0 amide bonds. The van der Waals surface area contributed by atoms with Crippen LogP contribution in [0.5, 0.6) is 0 Å². The monoisotopic (exact) mass is 382 g/mol. The molecule has 0 saturated carbocycles. The van der Waals surface area contributed by atoms with Crippen LogP contribution >= 0.6 is 31.9 Å². The summed E-state index contributed by atoms with van der Waals surface area (Å²) in [6.45, 7) is 4.19. The lowest BCUT2D eigenvalue weighted by Crippen LogP contribution is -2.29. The molecular formula is C15H16Br2N2. The van der Waals surface area contributed by atoms with Crippen molar-refractivity contribution in [3.05, 3.63) is 67.6 Å². The third-order valence-corrected chi connectivity index (χ3v) is 4.05. The van der Waals surface area contributed by atoms with Crippen molar-refractivity contribution < 1.29 is 0 Å². The molecule has 1 atom stereocenters. The molecule has 0 aliphatic heterocycles. The average Bonchev–Trinajstić information content (AvgIpc) is 2.33. The number of rotatable bonds is 3. The van der Waals surface area contributed by atoms with E-state index in [1.54, 1.807) is 0 Å². The molecule has 1 unspecified atom stereocenters. The zero-order valence-electron chi connectivity index (χ0n) is 10.9. The highest BCUT2D eigenvalue weighted by Crippen LogP contribution is 2.29. The molecule has 0 fully saturated rings. The van der Waals surface area contributed by atoms with Gasteiger partial charge in [0, 0.05) is 8.95 Å². The number of hydrogen-bond acceptors (Lipinski definition) is 2. The Balaban J connectivity index is 2.52. The molecule has 4 heteroatoms. The second kappa shape index (κ2) is 6.18. The summed E-state index contributed by atoms with van der Waals surface area (Å²) in [6.07, 6.45) is 0. The molecule has 0 spiro atoms. The van der Waals surface area contributed by atoms with Crippen LogP contribution in [0, 0.1) is 13.8 Å². The number of hydrogen-bond donors (Lipinski definition) is 2. The van der Waals surface area contributed by atoms with Gasteiger partial charge in [0.15, 0.2) is 0 Å². The largest absolute Gasteiger partial charge is 0.271 e. The Kier molecular flexibility index (Phi) is 4.79. The van der Waals surface area contributed by atoms with Gasteiger partial charge < -0.3 is 0 Å². The van der Waals surface area contributed by atoms with Crippen molar-refractivity contribution in [3.63, 3.8) is 0 Å². The minimum absolute atomic E-state index is 0.0197. The van der Waals surface area contributed by atoms with E-state index in [0.717, 1.165) is 14.5 Å². The predicted octanol–water partition coefficient (Wildman–Crippen LogP) is 4.38. The maximum absolute atomic E-state index is 5.78. The fraction of sp³-hybridized carbons (Fsp3) is 0.200. The van der Waals surface area contributed by atoms with Crippen LogP contribution in [0.3, 0.4) is 0 Å². The molecule has 3 N–H and O–H groups in total. The number of benzene rings is 2. The van der Waals surface area contributed by atoms with Gasteiger partial charge in [-0.25, -0.2) is 5.43 Å². The van der Waals surface area contributed by atoms with Crippen LogP contribution < -0.4 is 11.3 Å². The number of hydrazine groups is 1. The molecule has 100 valence electrons. The van der Waals surface area contributed by atoms with Gasteiger partial charge >= 0.3 is 0 Å². The van der Waals surface area contributed by atoms with Crippen molar-refractivity contribution >= 4 is 31.9 Å². The molecule has 0 saturated heterocycles. The van der Waals surface area contributed by atoms with Crippen LogP contribution in [0.2, 0.25) is 0 Å². The molecule has 0 aromatic heterocycles. The summed E-state index contributed by atoms with van der Waals surface area (Å²) in [5.74, 6) is 5.78. The molecule has 2 aromatic carbocycles. The van der Waals surface area contributed by atoms with Crippen molar-refractivity contribution in [2.45, 2.75) is 19.9 Å². The average molecular weight is 384 g/mol.